The average Bonchev–Trinajstić information content (AvgIpc) is 2.46. The predicted molar refractivity (Wildman–Crippen MR) is 80.8 cm³/mol. The summed E-state index contributed by atoms with van der Waals surface area (Å²) in [4.78, 5) is 16.7. The van der Waals surface area contributed by atoms with Gasteiger partial charge in [-0.05, 0) is 32.0 Å². The third-order valence-corrected chi connectivity index (χ3v) is 3.10. The van der Waals surface area contributed by atoms with Crippen molar-refractivity contribution in [1.29, 1.82) is 0 Å². The summed E-state index contributed by atoms with van der Waals surface area (Å²) in [5.74, 6) is 0. The molecular weight excluding hydrogens is 268 g/mol. The Hall–Kier alpha value is -2.05. The number of nitrogens with two attached hydrogens (primary N) is 1. The molecule has 112 valence electrons. The summed E-state index contributed by atoms with van der Waals surface area (Å²) in [6.07, 6.45) is 1.69. The van der Waals surface area contributed by atoms with Crippen LogP contribution in [0.2, 0.25) is 0 Å². The molecule has 6 heteroatoms. The van der Waals surface area contributed by atoms with Crippen molar-refractivity contribution < 1.29 is 4.74 Å². The lowest BCUT2D eigenvalue weighted by molar-refractivity contribution is 0.181. The summed E-state index contributed by atoms with van der Waals surface area (Å²) in [6, 6.07) is 7.27. The first-order chi connectivity index (χ1) is 9.93. The molecule has 0 bridgehead atoms. The second-order valence-electron chi connectivity index (χ2n) is 5.40. The third-order valence-electron chi connectivity index (χ3n) is 3.10. The number of methoxy groups -OCH3 is 1. The number of rotatable bonds is 5. The fourth-order valence-corrected chi connectivity index (χ4v) is 1.97. The first-order valence-corrected chi connectivity index (χ1v) is 6.75. The number of pyridine rings is 1. The van der Waals surface area contributed by atoms with Crippen LogP contribution in [0.4, 0.5) is 0 Å². The van der Waals surface area contributed by atoms with Crippen LogP contribution in [0.15, 0.2) is 35.3 Å². The third kappa shape index (κ3) is 3.53. The van der Waals surface area contributed by atoms with Gasteiger partial charge in [0.2, 0.25) is 0 Å². The molecule has 0 saturated heterocycles. The zero-order valence-corrected chi connectivity index (χ0v) is 12.5. The Morgan fingerprint density at radius 1 is 1.33 bits per heavy atom. The maximum absolute atomic E-state index is 12.4. The van der Waals surface area contributed by atoms with Gasteiger partial charge in [-0.25, -0.2) is 4.68 Å². The minimum atomic E-state index is -0.752. The minimum absolute atomic E-state index is 0.195. The topological polar surface area (TPSA) is 83.0 Å². The summed E-state index contributed by atoms with van der Waals surface area (Å²) in [6.45, 7) is 4.38. The van der Waals surface area contributed by atoms with Crippen LogP contribution in [0.3, 0.4) is 0 Å². The Bertz CT molecular complexity index is 660. The fourth-order valence-electron chi connectivity index (χ4n) is 1.97. The first kappa shape index (κ1) is 15.3. The normalized spacial score (nSPS) is 11.6. The predicted octanol–water partition coefficient (Wildman–Crippen LogP) is 1.15. The van der Waals surface area contributed by atoms with Crippen molar-refractivity contribution in [2.75, 3.05) is 13.7 Å². The summed E-state index contributed by atoms with van der Waals surface area (Å²) >= 11 is 0. The molecule has 0 unspecified atom stereocenters. The van der Waals surface area contributed by atoms with Crippen molar-refractivity contribution in [3.05, 3.63) is 46.4 Å². The van der Waals surface area contributed by atoms with Crippen molar-refractivity contribution in [2.24, 2.45) is 5.73 Å². The van der Waals surface area contributed by atoms with Gasteiger partial charge in [0.1, 0.15) is 5.69 Å². The molecule has 0 atom stereocenters. The molecule has 0 aliphatic heterocycles. The van der Waals surface area contributed by atoms with Crippen molar-refractivity contribution in [3.63, 3.8) is 0 Å². The maximum Gasteiger partial charge on any atom is 0.271 e. The highest BCUT2D eigenvalue weighted by Crippen LogP contribution is 2.18. The maximum atomic E-state index is 12.4. The van der Waals surface area contributed by atoms with Crippen molar-refractivity contribution >= 4 is 0 Å². The van der Waals surface area contributed by atoms with Gasteiger partial charge in [-0.2, -0.15) is 5.10 Å². The molecular formula is C15H20N4O2. The smallest absolute Gasteiger partial charge is 0.271 e. The first-order valence-electron chi connectivity index (χ1n) is 6.75. The molecule has 2 rings (SSSR count). The molecule has 2 aromatic heterocycles. The summed E-state index contributed by atoms with van der Waals surface area (Å²) in [7, 11) is 1.58. The number of hydrogen-bond acceptors (Lipinski definition) is 5. The Labute approximate surface area is 123 Å². The highest BCUT2D eigenvalue weighted by Gasteiger charge is 2.22. The second-order valence-corrected chi connectivity index (χ2v) is 5.40. The van der Waals surface area contributed by atoms with Crippen LogP contribution in [0.5, 0.6) is 0 Å². The lowest BCUT2D eigenvalue weighted by atomic mass is 9.96. The average molecular weight is 288 g/mol. The van der Waals surface area contributed by atoms with Crippen molar-refractivity contribution in [1.82, 2.24) is 14.8 Å². The van der Waals surface area contributed by atoms with Crippen LogP contribution in [-0.4, -0.2) is 28.5 Å². The molecule has 2 aromatic rings. The van der Waals surface area contributed by atoms with E-state index in [0.29, 0.717) is 30.1 Å². The van der Waals surface area contributed by atoms with E-state index in [1.165, 1.54) is 4.68 Å². The van der Waals surface area contributed by atoms with Crippen LogP contribution in [0.1, 0.15) is 19.4 Å². The number of hydrogen-bond donors (Lipinski definition) is 1. The van der Waals surface area contributed by atoms with Crippen LogP contribution in [0.25, 0.3) is 11.4 Å². The van der Waals surface area contributed by atoms with Gasteiger partial charge in [0, 0.05) is 24.4 Å². The van der Waals surface area contributed by atoms with Crippen molar-refractivity contribution in [3.8, 4) is 11.4 Å². The van der Waals surface area contributed by atoms with E-state index in [1.807, 2.05) is 18.2 Å². The molecule has 0 spiro atoms. The molecule has 6 nitrogen and oxygen atoms in total. The Kier molecular flexibility index (Phi) is 4.50. The Morgan fingerprint density at radius 2 is 2.10 bits per heavy atom. The van der Waals surface area contributed by atoms with Gasteiger partial charge in [0.05, 0.1) is 18.8 Å². The molecule has 2 N–H and O–H groups in total. The monoisotopic (exact) mass is 288 g/mol. The zero-order valence-electron chi connectivity index (χ0n) is 12.5. The molecule has 0 aromatic carbocycles. The summed E-state index contributed by atoms with van der Waals surface area (Å²) in [5, 5.41) is 4.36. The summed E-state index contributed by atoms with van der Waals surface area (Å²) in [5.41, 5.74) is 7.00. The molecule has 21 heavy (non-hydrogen) atoms. The molecule has 0 amide bonds. The lowest BCUT2D eigenvalue weighted by Gasteiger charge is -2.20. The molecule has 0 fully saturated rings. The molecule has 2 heterocycles. The van der Waals surface area contributed by atoms with Gasteiger partial charge in [-0.3, -0.25) is 9.78 Å². The van der Waals surface area contributed by atoms with E-state index in [0.717, 1.165) is 0 Å². The highest BCUT2D eigenvalue weighted by molar-refractivity contribution is 5.54. The van der Waals surface area contributed by atoms with Gasteiger partial charge in [0.25, 0.3) is 5.56 Å². The van der Waals surface area contributed by atoms with Crippen LogP contribution < -0.4 is 11.3 Å². The van der Waals surface area contributed by atoms with E-state index in [2.05, 4.69) is 10.1 Å². The second kappa shape index (κ2) is 6.15. The van der Waals surface area contributed by atoms with Gasteiger partial charge < -0.3 is 10.5 Å². The lowest BCUT2D eigenvalue weighted by Crippen LogP contribution is -2.39. The molecule has 0 radical (unpaired) electrons. The SMILES string of the molecule is COCCn1nc(-c2ccccn2)cc(C(C)(C)N)c1=O. The molecule has 0 saturated carbocycles. The zero-order chi connectivity index (χ0) is 15.5. The van der Waals surface area contributed by atoms with E-state index < -0.39 is 5.54 Å². The van der Waals surface area contributed by atoms with Gasteiger partial charge in [-0.1, -0.05) is 6.07 Å². The van der Waals surface area contributed by atoms with E-state index in [4.69, 9.17) is 10.5 Å². The number of ether oxygens (including phenoxy) is 1. The van der Waals surface area contributed by atoms with Gasteiger partial charge in [0.15, 0.2) is 0 Å². The highest BCUT2D eigenvalue weighted by atomic mass is 16.5. The quantitative estimate of drug-likeness (QED) is 0.892. The summed E-state index contributed by atoms with van der Waals surface area (Å²) < 4.78 is 6.41. The van der Waals surface area contributed by atoms with E-state index in [-0.39, 0.29) is 5.56 Å². The van der Waals surface area contributed by atoms with Crippen LogP contribution in [-0.2, 0) is 16.8 Å². The van der Waals surface area contributed by atoms with E-state index >= 15 is 0 Å². The Balaban J connectivity index is 2.59. The number of aromatic nitrogens is 3. The van der Waals surface area contributed by atoms with Gasteiger partial charge in [-0.15, -0.1) is 0 Å². The largest absolute Gasteiger partial charge is 0.383 e. The molecule has 0 aliphatic carbocycles. The Morgan fingerprint density at radius 3 is 2.67 bits per heavy atom. The minimum Gasteiger partial charge on any atom is -0.383 e. The fraction of sp³-hybridized carbons (Fsp3) is 0.400. The molecule has 0 aliphatic rings. The van der Waals surface area contributed by atoms with E-state index in [9.17, 15) is 4.79 Å². The van der Waals surface area contributed by atoms with Crippen LogP contribution >= 0.6 is 0 Å². The number of nitrogens with zero attached hydrogens (tertiary/aromatic N) is 3. The van der Waals surface area contributed by atoms with Crippen molar-refractivity contribution in [2.45, 2.75) is 25.9 Å². The van der Waals surface area contributed by atoms with Crippen LogP contribution in [0, 0.1) is 0 Å². The van der Waals surface area contributed by atoms with E-state index in [1.54, 1.807) is 33.2 Å². The standard InChI is InChI=1S/C15H20N4O2/c1-15(2,16)11-10-13(12-6-4-5-7-17-12)18-19(14(11)20)8-9-21-3/h4-7,10H,8-9,16H2,1-3H3. The van der Waals surface area contributed by atoms with Gasteiger partial charge >= 0.3 is 0 Å².